The van der Waals surface area contributed by atoms with E-state index >= 15 is 0 Å². The molecule has 0 aliphatic heterocycles. The molecular weight excluding hydrogens is 282 g/mol. The molecule has 4 nitrogen and oxygen atoms in total. The SMILES string of the molecule is COC(=O)C[C@H](N)c1ccccc1OC(F)(F)C(F)F. The molecule has 0 saturated heterocycles. The molecule has 0 unspecified atom stereocenters. The predicted molar refractivity (Wildman–Crippen MR) is 61.6 cm³/mol. The number of alkyl halides is 4. The molecule has 1 rings (SSSR count). The van der Waals surface area contributed by atoms with Gasteiger partial charge in [0, 0.05) is 11.6 Å². The van der Waals surface area contributed by atoms with Gasteiger partial charge in [-0.3, -0.25) is 4.79 Å². The van der Waals surface area contributed by atoms with Gasteiger partial charge in [-0.2, -0.15) is 17.6 Å². The summed E-state index contributed by atoms with van der Waals surface area (Å²) < 4.78 is 58.4. The van der Waals surface area contributed by atoms with E-state index in [-0.39, 0.29) is 12.0 Å². The van der Waals surface area contributed by atoms with E-state index in [1.807, 2.05) is 0 Å². The number of hydrogen-bond acceptors (Lipinski definition) is 4. The summed E-state index contributed by atoms with van der Waals surface area (Å²) in [5, 5.41) is 0. The standard InChI is InChI=1S/C12H13F4NO3/c1-19-10(18)6-8(17)7-4-2-3-5-9(7)20-12(15,16)11(13)14/h2-5,8,11H,6,17H2,1H3/t8-/m0/s1. The molecule has 1 atom stereocenters. The molecule has 0 spiro atoms. The molecule has 0 aromatic heterocycles. The van der Waals surface area contributed by atoms with Gasteiger partial charge in [0.25, 0.3) is 0 Å². The van der Waals surface area contributed by atoms with Crippen LogP contribution in [0.1, 0.15) is 18.0 Å². The van der Waals surface area contributed by atoms with Gasteiger partial charge < -0.3 is 15.2 Å². The van der Waals surface area contributed by atoms with Crippen LogP contribution in [0.5, 0.6) is 5.75 Å². The molecule has 0 bridgehead atoms. The number of benzene rings is 1. The Morgan fingerprint density at radius 3 is 2.50 bits per heavy atom. The van der Waals surface area contributed by atoms with Gasteiger partial charge in [0.2, 0.25) is 0 Å². The summed E-state index contributed by atoms with van der Waals surface area (Å²) in [6.07, 6.45) is -8.91. The Kier molecular flexibility index (Phi) is 5.32. The number of halogens is 4. The van der Waals surface area contributed by atoms with Crippen molar-refractivity contribution >= 4 is 5.97 Å². The Morgan fingerprint density at radius 1 is 1.35 bits per heavy atom. The predicted octanol–water partition coefficient (Wildman–Crippen LogP) is 2.49. The van der Waals surface area contributed by atoms with Crippen LogP contribution >= 0.6 is 0 Å². The molecular formula is C12H13F4NO3. The molecule has 0 saturated carbocycles. The minimum Gasteiger partial charge on any atom is -0.469 e. The van der Waals surface area contributed by atoms with Crippen molar-refractivity contribution in [3.63, 3.8) is 0 Å². The molecule has 0 amide bonds. The molecule has 0 aliphatic rings. The minimum absolute atomic E-state index is 0.0122. The highest BCUT2D eigenvalue weighted by molar-refractivity contribution is 5.70. The molecule has 0 aliphatic carbocycles. The van der Waals surface area contributed by atoms with Crippen LogP contribution in [-0.2, 0) is 9.53 Å². The zero-order valence-corrected chi connectivity index (χ0v) is 10.5. The fourth-order valence-corrected chi connectivity index (χ4v) is 1.44. The summed E-state index contributed by atoms with van der Waals surface area (Å²) >= 11 is 0. The highest BCUT2D eigenvalue weighted by Gasteiger charge is 2.44. The van der Waals surface area contributed by atoms with Crippen molar-refractivity contribution in [3.8, 4) is 5.75 Å². The molecule has 112 valence electrons. The minimum atomic E-state index is -4.64. The number of para-hydroxylation sites is 1. The van der Waals surface area contributed by atoms with Crippen LogP contribution in [0, 0.1) is 0 Å². The molecule has 0 heterocycles. The van der Waals surface area contributed by atoms with Crippen LogP contribution in [0.3, 0.4) is 0 Å². The molecule has 1 aromatic rings. The van der Waals surface area contributed by atoms with E-state index in [0.717, 1.165) is 13.2 Å². The first-order chi connectivity index (χ1) is 9.27. The molecule has 2 N–H and O–H groups in total. The van der Waals surface area contributed by atoms with Crippen LogP contribution in [0.4, 0.5) is 17.6 Å². The zero-order chi connectivity index (χ0) is 15.3. The summed E-state index contributed by atoms with van der Waals surface area (Å²) in [6.45, 7) is 0. The topological polar surface area (TPSA) is 61.5 Å². The number of carbonyl (C=O) groups is 1. The largest absolute Gasteiger partial charge is 0.469 e. The average Bonchev–Trinajstić information content (AvgIpc) is 2.38. The molecule has 8 heteroatoms. The Bertz CT molecular complexity index is 468. The molecule has 1 aromatic carbocycles. The number of methoxy groups -OCH3 is 1. The number of rotatable bonds is 6. The Labute approximate surface area is 112 Å². The van der Waals surface area contributed by atoms with Gasteiger partial charge in [-0.1, -0.05) is 18.2 Å². The highest BCUT2D eigenvalue weighted by Crippen LogP contribution is 2.32. The number of ether oxygens (including phenoxy) is 2. The average molecular weight is 295 g/mol. The quantitative estimate of drug-likeness (QED) is 0.647. The van der Waals surface area contributed by atoms with E-state index in [0.29, 0.717) is 0 Å². The van der Waals surface area contributed by atoms with Crippen molar-refractivity contribution in [1.29, 1.82) is 0 Å². The van der Waals surface area contributed by atoms with Gasteiger partial charge in [-0.05, 0) is 6.07 Å². The van der Waals surface area contributed by atoms with Gasteiger partial charge >= 0.3 is 18.5 Å². The lowest BCUT2D eigenvalue weighted by Gasteiger charge is -2.21. The number of esters is 1. The van der Waals surface area contributed by atoms with Crippen LogP contribution in [0.2, 0.25) is 0 Å². The van der Waals surface area contributed by atoms with Crippen molar-refractivity contribution in [3.05, 3.63) is 29.8 Å². The maximum atomic E-state index is 12.9. The second-order valence-corrected chi connectivity index (χ2v) is 3.89. The number of hydrogen-bond donors (Lipinski definition) is 1. The normalized spacial score (nSPS) is 13.2. The fraction of sp³-hybridized carbons (Fsp3) is 0.417. The highest BCUT2D eigenvalue weighted by atomic mass is 19.3. The zero-order valence-electron chi connectivity index (χ0n) is 10.5. The molecule has 20 heavy (non-hydrogen) atoms. The van der Waals surface area contributed by atoms with Crippen LogP contribution in [-0.4, -0.2) is 25.6 Å². The van der Waals surface area contributed by atoms with Crippen molar-refractivity contribution in [2.75, 3.05) is 7.11 Å². The first-order valence-electron chi connectivity index (χ1n) is 5.54. The lowest BCUT2D eigenvalue weighted by Crippen LogP contribution is -2.34. The van der Waals surface area contributed by atoms with Crippen molar-refractivity contribution in [2.45, 2.75) is 25.0 Å². The van der Waals surface area contributed by atoms with Crippen molar-refractivity contribution in [1.82, 2.24) is 0 Å². The second-order valence-electron chi connectivity index (χ2n) is 3.89. The van der Waals surface area contributed by atoms with Gasteiger partial charge in [0.15, 0.2) is 0 Å². The number of carbonyl (C=O) groups excluding carboxylic acids is 1. The second kappa shape index (κ2) is 6.56. The van der Waals surface area contributed by atoms with Crippen molar-refractivity contribution < 1.29 is 31.8 Å². The summed E-state index contributed by atoms with van der Waals surface area (Å²) in [5.41, 5.74) is 5.67. The molecule has 0 fully saturated rings. The lowest BCUT2D eigenvalue weighted by molar-refractivity contribution is -0.253. The Balaban J connectivity index is 2.96. The van der Waals surface area contributed by atoms with Crippen molar-refractivity contribution in [2.24, 2.45) is 5.73 Å². The van der Waals surface area contributed by atoms with Gasteiger partial charge in [0.1, 0.15) is 5.75 Å². The van der Waals surface area contributed by atoms with E-state index < -0.39 is 30.3 Å². The third kappa shape index (κ3) is 4.09. The van der Waals surface area contributed by atoms with Gasteiger partial charge in [-0.15, -0.1) is 0 Å². The molecule has 0 radical (unpaired) electrons. The maximum absolute atomic E-state index is 12.9. The third-order valence-corrected chi connectivity index (χ3v) is 2.43. The van der Waals surface area contributed by atoms with E-state index in [1.54, 1.807) is 0 Å². The summed E-state index contributed by atoms with van der Waals surface area (Å²) in [5.74, 6) is -1.16. The summed E-state index contributed by atoms with van der Waals surface area (Å²) in [6, 6.07) is 4.16. The maximum Gasteiger partial charge on any atom is 0.461 e. The van der Waals surface area contributed by atoms with E-state index in [4.69, 9.17) is 5.73 Å². The number of nitrogens with two attached hydrogens (primary N) is 1. The lowest BCUT2D eigenvalue weighted by atomic mass is 10.0. The summed E-state index contributed by atoms with van der Waals surface area (Å²) in [4.78, 5) is 11.1. The first kappa shape index (κ1) is 16.2. The Morgan fingerprint density at radius 2 is 1.95 bits per heavy atom. The smallest absolute Gasteiger partial charge is 0.461 e. The monoisotopic (exact) mass is 295 g/mol. The summed E-state index contributed by atoms with van der Waals surface area (Å²) in [7, 11) is 1.14. The van der Waals surface area contributed by atoms with E-state index in [2.05, 4.69) is 9.47 Å². The third-order valence-electron chi connectivity index (χ3n) is 2.43. The fourth-order valence-electron chi connectivity index (χ4n) is 1.44. The van der Waals surface area contributed by atoms with Gasteiger partial charge in [-0.25, -0.2) is 0 Å². The first-order valence-corrected chi connectivity index (χ1v) is 5.54. The van der Waals surface area contributed by atoms with Gasteiger partial charge in [0.05, 0.1) is 13.5 Å². The van der Waals surface area contributed by atoms with Crippen LogP contribution in [0.25, 0.3) is 0 Å². The van der Waals surface area contributed by atoms with E-state index in [1.165, 1.54) is 18.2 Å². The van der Waals surface area contributed by atoms with E-state index in [9.17, 15) is 22.4 Å². The Hall–Kier alpha value is -1.83. The van der Waals surface area contributed by atoms with Crippen LogP contribution < -0.4 is 10.5 Å². The van der Waals surface area contributed by atoms with Crippen LogP contribution in [0.15, 0.2) is 24.3 Å².